The molecule has 5 rings (SSSR count). The molecule has 2 aromatic carbocycles. The minimum absolute atomic E-state index is 0.0420. The number of carbonyl (C=O) groups excluding carboxylic acids is 1. The highest BCUT2D eigenvalue weighted by Crippen LogP contribution is 2.27. The molecule has 4 N–H and O–H groups in total. The lowest BCUT2D eigenvalue weighted by Crippen LogP contribution is -2.21. The number of imidazole rings is 1. The van der Waals surface area contributed by atoms with E-state index in [0.717, 1.165) is 16.8 Å². The fourth-order valence-electron chi connectivity index (χ4n) is 3.52. The van der Waals surface area contributed by atoms with Gasteiger partial charge in [-0.25, -0.2) is 28.0 Å². The first-order valence-corrected chi connectivity index (χ1v) is 10.9. The van der Waals surface area contributed by atoms with Crippen LogP contribution in [0.15, 0.2) is 72.2 Å². The summed E-state index contributed by atoms with van der Waals surface area (Å²) in [7, 11) is 0. The van der Waals surface area contributed by atoms with E-state index < -0.39 is 23.4 Å². The smallest absolute Gasteiger partial charge is 0.325 e. The van der Waals surface area contributed by atoms with Crippen molar-refractivity contribution in [1.29, 1.82) is 0 Å². The van der Waals surface area contributed by atoms with Crippen LogP contribution in [0, 0.1) is 11.6 Å². The highest BCUT2D eigenvalue weighted by Gasteiger charge is 2.16. The monoisotopic (exact) mass is 503 g/mol. The molecule has 3 aromatic heterocycles. The summed E-state index contributed by atoms with van der Waals surface area (Å²) >= 11 is 0. The summed E-state index contributed by atoms with van der Waals surface area (Å²) in [4.78, 5) is 33.5. The van der Waals surface area contributed by atoms with Crippen LogP contribution in [0.4, 0.5) is 25.1 Å². The van der Waals surface area contributed by atoms with E-state index in [2.05, 4.69) is 37.3 Å². The molecule has 0 aliphatic heterocycles. The predicted molar refractivity (Wildman–Crippen MR) is 134 cm³/mol. The molecule has 0 bridgehead atoms. The first-order chi connectivity index (χ1) is 17.8. The number of nitrogens with one attached hydrogen (secondary N) is 4. The second-order valence-electron chi connectivity index (χ2n) is 8.02. The van der Waals surface area contributed by atoms with E-state index in [9.17, 15) is 18.4 Å². The molecule has 0 spiro atoms. The Bertz CT molecular complexity index is 1700. The quantitative estimate of drug-likeness (QED) is 0.254. The second kappa shape index (κ2) is 9.41. The SMILES string of the molecule is C=C(C)c1cc(NC(=O)Nc2ccc(Oc3ccnc4[nH]c(=O)[nH]c34)cc2)n(-c2ccc(F)cc2F)n1. The number of carbonyl (C=O) groups is 1. The van der Waals surface area contributed by atoms with E-state index >= 15 is 0 Å². The van der Waals surface area contributed by atoms with Crippen molar-refractivity contribution in [1.82, 2.24) is 24.7 Å². The van der Waals surface area contributed by atoms with Gasteiger partial charge in [-0.2, -0.15) is 5.10 Å². The lowest BCUT2D eigenvalue weighted by atomic mass is 10.2. The van der Waals surface area contributed by atoms with Crippen LogP contribution in [0.5, 0.6) is 11.5 Å². The third kappa shape index (κ3) is 4.93. The number of fused-ring (bicyclic) bond motifs is 1. The maximum Gasteiger partial charge on any atom is 0.325 e. The number of amides is 2. The van der Waals surface area contributed by atoms with Gasteiger partial charge in [0, 0.05) is 30.1 Å². The molecule has 186 valence electrons. The minimum Gasteiger partial charge on any atom is -0.455 e. The van der Waals surface area contributed by atoms with E-state index in [1.165, 1.54) is 18.3 Å². The van der Waals surface area contributed by atoms with Gasteiger partial charge in [0.2, 0.25) is 0 Å². The highest BCUT2D eigenvalue weighted by molar-refractivity contribution is 5.99. The summed E-state index contributed by atoms with van der Waals surface area (Å²) in [5.74, 6) is -0.565. The average Bonchev–Trinajstić information content (AvgIpc) is 3.44. The Morgan fingerprint density at radius 3 is 2.57 bits per heavy atom. The number of rotatable bonds is 6. The number of allylic oxidation sites excluding steroid dienone is 1. The van der Waals surface area contributed by atoms with Gasteiger partial charge in [-0.1, -0.05) is 6.58 Å². The molecule has 0 radical (unpaired) electrons. The highest BCUT2D eigenvalue weighted by atomic mass is 19.1. The molecule has 0 unspecified atom stereocenters. The van der Waals surface area contributed by atoms with Crippen molar-refractivity contribution in [3.8, 4) is 17.2 Å². The van der Waals surface area contributed by atoms with Gasteiger partial charge in [-0.3, -0.25) is 10.3 Å². The van der Waals surface area contributed by atoms with Gasteiger partial charge >= 0.3 is 11.7 Å². The number of H-pyrrole nitrogens is 2. The lowest BCUT2D eigenvalue weighted by molar-refractivity contribution is 0.262. The third-order valence-corrected chi connectivity index (χ3v) is 5.25. The maximum atomic E-state index is 14.4. The van der Waals surface area contributed by atoms with E-state index in [1.54, 1.807) is 37.3 Å². The number of aromatic amines is 2. The summed E-state index contributed by atoms with van der Waals surface area (Å²) in [5, 5.41) is 9.57. The van der Waals surface area contributed by atoms with Crippen LogP contribution in [0.25, 0.3) is 22.4 Å². The van der Waals surface area contributed by atoms with Gasteiger partial charge < -0.3 is 15.0 Å². The molecule has 5 aromatic rings. The van der Waals surface area contributed by atoms with Gasteiger partial charge in [0.25, 0.3) is 0 Å². The number of hydrogen-bond acceptors (Lipinski definition) is 5. The van der Waals surface area contributed by atoms with Crippen LogP contribution in [0.3, 0.4) is 0 Å². The van der Waals surface area contributed by atoms with Gasteiger partial charge in [-0.15, -0.1) is 0 Å². The number of ether oxygens (including phenoxy) is 1. The molecular formula is C25H19F2N7O3. The molecule has 0 saturated carbocycles. The lowest BCUT2D eigenvalue weighted by Gasteiger charge is -2.11. The number of anilines is 2. The minimum atomic E-state index is -0.842. The van der Waals surface area contributed by atoms with E-state index in [4.69, 9.17) is 4.74 Å². The van der Waals surface area contributed by atoms with Crippen LogP contribution in [-0.4, -0.2) is 30.8 Å². The fraction of sp³-hybridized carbons (Fsp3) is 0.0400. The van der Waals surface area contributed by atoms with Crippen molar-refractivity contribution in [2.45, 2.75) is 6.92 Å². The van der Waals surface area contributed by atoms with E-state index in [-0.39, 0.29) is 11.5 Å². The fourth-order valence-corrected chi connectivity index (χ4v) is 3.52. The molecular weight excluding hydrogens is 484 g/mol. The zero-order valence-corrected chi connectivity index (χ0v) is 19.3. The molecule has 2 amide bonds. The molecule has 0 aliphatic carbocycles. The number of nitrogens with zero attached hydrogens (tertiary/aromatic N) is 3. The van der Waals surface area contributed by atoms with Crippen LogP contribution in [0.1, 0.15) is 12.6 Å². The zero-order valence-electron chi connectivity index (χ0n) is 19.3. The van der Waals surface area contributed by atoms with Gasteiger partial charge in [0.15, 0.2) is 17.2 Å². The van der Waals surface area contributed by atoms with Crippen molar-refractivity contribution >= 4 is 34.3 Å². The molecule has 0 fully saturated rings. The third-order valence-electron chi connectivity index (χ3n) is 5.25. The van der Waals surface area contributed by atoms with E-state index in [1.807, 2.05) is 0 Å². The summed E-state index contributed by atoms with van der Waals surface area (Å²) < 4.78 is 34.8. The topological polar surface area (TPSA) is 130 Å². The summed E-state index contributed by atoms with van der Waals surface area (Å²) in [6.07, 6.45) is 1.50. The molecule has 37 heavy (non-hydrogen) atoms. The summed E-state index contributed by atoms with van der Waals surface area (Å²) in [6, 6.07) is 12.1. The first-order valence-electron chi connectivity index (χ1n) is 10.9. The van der Waals surface area contributed by atoms with Crippen LogP contribution in [0.2, 0.25) is 0 Å². The van der Waals surface area contributed by atoms with Crippen molar-refractivity contribution < 1.29 is 18.3 Å². The Labute approximate surface area is 207 Å². The zero-order chi connectivity index (χ0) is 26.1. The molecule has 0 atom stereocenters. The first kappa shape index (κ1) is 23.5. The number of benzene rings is 2. The van der Waals surface area contributed by atoms with Crippen molar-refractivity contribution in [3.05, 3.63) is 95.2 Å². The Morgan fingerprint density at radius 1 is 1.05 bits per heavy atom. The average molecular weight is 503 g/mol. The summed E-state index contributed by atoms with van der Waals surface area (Å²) in [5.41, 5.74) is 1.82. The van der Waals surface area contributed by atoms with Gasteiger partial charge in [-0.05, 0) is 48.9 Å². The number of halogens is 2. The van der Waals surface area contributed by atoms with Crippen LogP contribution >= 0.6 is 0 Å². The van der Waals surface area contributed by atoms with Crippen molar-refractivity contribution in [2.75, 3.05) is 10.6 Å². The standard InChI is InChI=1S/C25H19F2N7O3/c1-13(2)18-12-21(34(33-18)19-8-3-14(26)11-17(19)27)30-24(35)29-15-4-6-16(7-5-15)37-20-9-10-28-23-22(20)31-25(36)32-23/h3-12H,1H2,2H3,(H2,29,30,35)(H2,28,31,32,36). The van der Waals surface area contributed by atoms with Gasteiger partial charge in [0.05, 0.1) is 5.69 Å². The summed E-state index contributed by atoms with van der Waals surface area (Å²) in [6.45, 7) is 5.53. The Morgan fingerprint density at radius 2 is 1.84 bits per heavy atom. The maximum absolute atomic E-state index is 14.4. The Hall–Kier alpha value is -5.26. The number of pyridine rings is 1. The van der Waals surface area contributed by atoms with Crippen LogP contribution < -0.4 is 21.1 Å². The Balaban J connectivity index is 1.31. The molecule has 0 aliphatic rings. The molecule has 12 heteroatoms. The van der Waals surface area contributed by atoms with Crippen molar-refractivity contribution in [2.24, 2.45) is 0 Å². The Kier molecular flexibility index (Phi) is 5.97. The van der Waals surface area contributed by atoms with E-state index in [0.29, 0.717) is 39.6 Å². The molecule has 10 nitrogen and oxygen atoms in total. The second-order valence-corrected chi connectivity index (χ2v) is 8.02. The van der Waals surface area contributed by atoms with Crippen molar-refractivity contribution in [3.63, 3.8) is 0 Å². The van der Waals surface area contributed by atoms with Gasteiger partial charge in [0.1, 0.15) is 28.6 Å². The number of urea groups is 1. The molecule has 3 heterocycles. The molecule has 0 saturated heterocycles. The number of aromatic nitrogens is 5. The number of hydrogen-bond donors (Lipinski definition) is 4. The predicted octanol–water partition coefficient (Wildman–Crippen LogP) is 5.18. The van der Waals surface area contributed by atoms with Crippen LogP contribution in [-0.2, 0) is 0 Å². The largest absolute Gasteiger partial charge is 0.455 e. The normalized spacial score (nSPS) is 10.9.